The standard InChI is InChI=1S/C9H12N2O3/c1-14-9(13)7-4-6(5-12)2-3-8(7)11-10/h2-4,11-12H,5,10H2,1H3. The van der Waals surface area contributed by atoms with Gasteiger partial charge >= 0.3 is 5.97 Å². The Morgan fingerprint density at radius 1 is 1.64 bits per heavy atom. The van der Waals surface area contributed by atoms with E-state index < -0.39 is 5.97 Å². The van der Waals surface area contributed by atoms with E-state index in [1.165, 1.54) is 13.2 Å². The molecule has 0 saturated carbocycles. The minimum Gasteiger partial charge on any atom is -0.465 e. The lowest BCUT2D eigenvalue weighted by Gasteiger charge is -2.08. The fraction of sp³-hybridized carbons (Fsp3) is 0.222. The van der Waals surface area contributed by atoms with Crippen molar-refractivity contribution in [2.45, 2.75) is 6.61 Å². The zero-order valence-electron chi connectivity index (χ0n) is 7.78. The summed E-state index contributed by atoms with van der Waals surface area (Å²) in [6, 6.07) is 4.81. The van der Waals surface area contributed by atoms with Gasteiger partial charge in [-0.3, -0.25) is 5.84 Å². The summed E-state index contributed by atoms with van der Waals surface area (Å²) in [5.74, 6) is 4.72. The van der Waals surface area contributed by atoms with Gasteiger partial charge < -0.3 is 15.3 Å². The van der Waals surface area contributed by atoms with E-state index in [0.717, 1.165) is 0 Å². The quantitative estimate of drug-likeness (QED) is 0.366. The number of anilines is 1. The summed E-state index contributed by atoms with van der Waals surface area (Å²) in [7, 11) is 1.29. The third-order valence-electron chi connectivity index (χ3n) is 1.83. The number of hydrogen-bond acceptors (Lipinski definition) is 5. The molecule has 0 aromatic heterocycles. The van der Waals surface area contributed by atoms with Crippen LogP contribution in [0.25, 0.3) is 0 Å². The number of nitrogens with two attached hydrogens (primary N) is 1. The van der Waals surface area contributed by atoms with Gasteiger partial charge in [-0.2, -0.15) is 0 Å². The highest BCUT2D eigenvalue weighted by Gasteiger charge is 2.11. The second-order valence-corrected chi connectivity index (χ2v) is 2.67. The number of rotatable bonds is 3. The van der Waals surface area contributed by atoms with Gasteiger partial charge in [0.1, 0.15) is 0 Å². The zero-order valence-corrected chi connectivity index (χ0v) is 7.78. The lowest BCUT2D eigenvalue weighted by molar-refractivity contribution is 0.0601. The van der Waals surface area contributed by atoms with Gasteiger partial charge in [0, 0.05) is 0 Å². The van der Waals surface area contributed by atoms with Crippen LogP contribution in [0.1, 0.15) is 15.9 Å². The van der Waals surface area contributed by atoms with Crippen LogP contribution in [-0.2, 0) is 11.3 Å². The molecule has 1 aromatic carbocycles. The highest BCUT2D eigenvalue weighted by Crippen LogP contribution is 2.17. The summed E-state index contributed by atoms with van der Waals surface area (Å²) in [6.07, 6.45) is 0. The monoisotopic (exact) mass is 196 g/mol. The Balaban J connectivity index is 3.14. The second-order valence-electron chi connectivity index (χ2n) is 2.67. The molecule has 14 heavy (non-hydrogen) atoms. The van der Waals surface area contributed by atoms with Crippen molar-refractivity contribution in [1.82, 2.24) is 0 Å². The molecule has 0 aliphatic heterocycles. The maximum absolute atomic E-state index is 11.3. The highest BCUT2D eigenvalue weighted by atomic mass is 16.5. The number of nitrogens with one attached hydrogen (secondary N) is 1. The minimum absolute atomic E-state index is 0.130. The molecule has 0 heterocycles. The largest absolute Gasteiger partial charge is 0.465 e. The molecule has 4 N–H and O–H groups in total. The average Bonchev–Trinajstić information content (AvgIpc) is 2.27. The molecule has 76 valence electrons. The molecular weight excluding hydrogens is 184 g/mol. The van der Waals surface area contributed by atoms with Gasteiger partial charge in [-0.25, -0.2) is 4.79 Å². The van der Waals surface area contributed by atoms with Crippen molar-refractivity contribution in [2.24, 2.45) is 5.84 Å². The third-order valence-corrected chi connectivity index (χ3v) is 1.83. The lowest BCUT2D eigenvalue weighted by atomic mass is 10.1. The van der Waals surface area contributed by atoms with Gasteiger partial charge in [-0.05, 0) is 17.7 Å². The first-order valence-electron chi connectivity index (χ1n) is 4.01. The molecule has 5 heteroatoms. The number of aliphatic hydroxyl groups is 1. The Hall–Kier alpha value is -1.59. The number of hydrazine groups is 1. The summed E-state index contributed by atoms with van der Waals surface area (Å²) in [5, 5.41) is 8.88. The number of methoxy groups -OCH3 is 1. The van der Waals surface area contributed by atoms with Crippen molar-refractivity contribution in [3.05, 3.63) is 29.3 Å². The normalized spacial score (nSPS) is 9.64. The van der Waals surface area contributed by atoms with E-state index in [4.69, 9.17) is 10.9 Å². The first-order valence-corrected chi connectivity index (χ1v) is 4.01. The van der Waals surface area contributed by atoms with Crippen LogP contribution in [0.5, 0.6) is 0 Å². The summed E-state index contributed by atoms with van der Waals surface area (Å²) < 4.78 is 4.56. The van der Waals surface area contributed by atoms with E-state index in [1.807, 2.05) is 0 Å². The van der Waals surface area contributed by atoms with Crippen molar-refractivity contribution in [1.29, 1.82) is 0 Å². The summed E-state index contributed by atoms with van der Waals surface area (Å²) in [5.41, 5.74) is 3.78. The van der Waals surface area contributed by atoms with Gasteiger partial charge in [-0.15, -0.1) is 0 Å². The fourth-order valence-corrected chi connectivity index (χ4v) is 1.09. The molecule has 0 bridgehead atoms. The summed E-state index contributed by atoms with van der Waals surface area (Å²) >= 11 is 0. The van der Waals surface area contributed by atoms with E-state index in [1.54, 1.807) is 12.1 Å². The summed E-state index contributed by atoms with van der Waals surface area (Å²) in [6.45, 7) is -0.130. The number of benzene rings is 1. The summed E-state index contributed by atoms with van der Waals surface area (Å²) in [4.78, 5) is 11.3. The van der Waals surface area contributed by atoms with Crippen LogP contribution >= 0.6 is 0 Å². The lowest BCUT2D eigenvalue weighted by Crippen LogP contribution is -2.13. The Morgan fingerprint density at radius 3 is 2.86 bits per heavy atom. The molecule has 0 saturated heterocycles. The van der Waals surface area contributed by atoms with Gasteiger partial charge in [0.05, 0.1) is 25.0 Å². The fourth-order valence-electron chi connectivity index (χ4n) is 1.09. The van der Waals surface area contributed by atoms with E-state index in [0.29, 0.717) is 16.8 Å². The number of nitrogen functional groups attached to an aromatic ring is 1. The number of carbonyl (C=O) groups excluding carboxylic acids is 1. The predicted octanol–water partition coefficient (Wildman–Crippen LogP) is 0.251. The molecule has 5 nitrogen and oxygen atoms in total. The Labute approximate surface area is 81.5 Å². The van der Waals surface area contributed by atoms with Crippen LogP contribution in [0, 0.1) is 0 Å². The van der Waals surface area contributed by atoms with Crippen LogP contribution < -0.4 is 11.3 Å². The molecule has 0 aliphatic carbocycles. The van der Waals surface area contributed by atoms with Crippen molar-refractivity contribution < 1.29 is 14.6 Å². The average molecular weight is 196 g/mol. The maximum Gasteiger partial charge on any atom is 0.340 e. The molecule has 0 amide bonds. The third kappa shape index (κ3) is 2.01. The van der Waals surface area contributed by atoms with E-state index >= 15 is 0 Å². The smallest absolute Gasteiger partial charge is 0.340 e. The molecule has 0 atom stereocenters. The molecular formula is C9H12N2O3. The van der Waals surface area contributed by atoms with Gasteiger partial charge in [0.25, 0.3) is 0 Å². The van der Waals surface area contributed by atoms with Crippen LogP contribution in [0.4, 0.5) is 5.69 Å². The molecule has 0 radical (unpaired) electrons. The molecule has 1 rings (SSSR count). The predicted molar refractivity (Wildman–Crippen MR) is 51.5 cm³/mol. The topological polar surface area (TPSA) is 84.6 Å². The number of carbonyl (C=O) groups is 1. The molecule has 0 spiro atoms. The van der Waals surface area contributed by atoms with E-state index in [-0.39, 0.29) is 6.61 Å². The van der Waals surface area contributed by atoms with E-state index in [2.05, 4.69) is 10.2 Å². The van der Waals surface area contributed by atoms with Gasteiger partial charge in [-0.1, -0.05) is 6.07 Å². The number of aliphatic hydroxyl groups excluding tert-OH is 1. The zero-order chi connectivity index (χ0) is 10.6. The van der Waals surface area contributed by atoms with Crippen molar-refractivity contribution in [3.63, 3.8) is 0 Å². The highest BCUT2D eigenvalue weighted by molar-refractivity contribution is 5.95. The molecule has 1 aromatic rings. The van der Waals surface area contributed by atoms with Crippen molar-refractivity contribution in [3.8, 4) is 0 Å². The minimum atomic E-state index is -0.492. The molecule has 0 aliphatic rings. The Bertz CT molecular complexity index is 339. The van der Waals surface area contributed by atoms with Gasteiger partial charge in [0.15, 0.2) is 0 Å². The van der Waals surface area contributed by atoms with E-state index in [9.17, 15) is 4.79 Å². The van der Waals surface area contributed by atoms with Crippen LogP contribution in [-0.4, -0.2) is 18.2 Å². The Morgan fingerprint density at radius 2 is 2.36 bits per heavy atom. The van der Waals surface area contributed by atoms with Crippen molar-refractivity contribution >= 4 is 11.7 Å². The van der Waals surface area contributed by atoms with Crippen LogP contribution in [0.15, 0.2) is 18.2 Å². The maximum atomic E-state index is 11.3. The second kappa shape index (κ2) is 4.59. The van der Waals surface area contributed by atoms with Crippen molar-refractivity contribution in [2.75, 3.05) is 12.5 Å². The number of esters is 1. The first-order chi connectivity index (χ1) is 6.72. The SMILES string of the molecule is COC(=O)c1cc(CO)ccc1NN. The number of hydrogen-bond donors (Lipinski definition) is 3. The van der Waals surface area contributed by atoms with Crippen LogP contribution in [0.2, 0.25) is 0 Å². The number of ether oxygens (including phenoxy) is 1. The molecule has 0 fully saturated rings. The van der Waals surface area contributed by atoms with Crippen LogP contribution in [0.3, 0.4) is 0 Å². The first kappa shape index (κ1) is 10.5. The molecule has 0 unspecified atom stereocenters. The Kier molecular flexibility index (Phi) is 3.44. The van der Waals surface area contributed by atoms with Gasteiger partial charge in [0.2, 0.25) is 0 Å².